The minimum atomic E-state index is 0.872. The lowest BCUT2D eigenvalue weighted by molar-refractivity contribution is 0.296. The number of hydrogen-bond acceptors (Lipinski definition) is 2. The van der Waals surface area contributed by atoms with E-state index in [1.807, 2.05) is 0 Å². The molecule has 2 aromatic rings. The van der Waals surface area contributed by atoms with E-state index in [2.05, 4.69) is 79.5 Å². The summed E-state index contributed by atoms with van der Waals surface area (Å²) in [6.07, 6.45) is 0. The van der Waals surface area contributed by atoms with E-state index in [0.29, 0.717) is 0 Å². The molecule has 0 aromatic heterocycles. The zero-order valence-corrected chi connectivity index (χ0v) is 13.4. The van der Waals surface area contributed by atoms with E-state index in [1.165, 1.54) is 22.4 Å². The Labute approximate surface area is 128 Å². The van der Waals surface area contributed by atoms with Crippen LogP contribution in [-0.4, -0.2) is 18.0 Å². The molecule has 0 saturated carbocycles. The first kappa shape index (κ1) is 15.6. The van der Waals surface area contributed by atoms with Gasteiger partial charge in [-0.15, -0.1) is 0 Å². The average molecular weight is 282 g/mol. The molecule has 2 heteroatoms. The van der Waals surface area contributed by atoms with Crippen molar-refractivity contribution in [2.75, 3.05) is 18.4 Å². The summed E-state index contributed by atoms with van der Waals surface area (Å²) in [6, 6.07) is 17.4. The van der Waals surface area contributed by atoms with Crippen LogP contribution in [0, 0.1) is 6.92 Å². The summed E-state index contributed by atoms with van der Waals surface area (Å²) in [6.45, 7) is 10.7. The molecule has 0 spiro atoms. The molecule has 0 amide bonds. The number of hydrogen-bond donors (Lipinski definition) is 1. The van der Waals surface area contributed by atoms with Crippen LogP contribution in [0.1, 0.15) is 30.5 Å². The lowest BCUT2D eigenvalue weighted by Crippen LogP contribution is -2.21. The fraction of sp³-hybridized carbons (Fsp3) is 0.368. The van der Waals surface area contributed by atoms with Crippen molar-refractivity contribution in [3.63, 3.8) is 0 Å². The van der Waals surface area contributed by atoms with Crippen molar-refractivity contribution in [1.29, 1.82) is 0 Å². The predicted molar refractivity (Wildman–Crippen MR) is 91.6 cm³/mol. The maximum Gasteiger partial charge on any atom is 0.0400 e. The van der Waals surface area contributed by atoms with Crippen LogP contribution in [0.3, 0.4) is 0 Å². The molecular weight excluding hydrogens is 256 g/mol. The molecule has 0 radical (unpaired) electrons. The number of anilines is 1. The summed E-state index contributed by atoms with van der Waals surface area (Å²) in [4.78, 5) is 2.43. The van der Waals surface area contributed by atoms with Crippen molar-refractivity contribution in [3.05, 3.63) is 65.2 Å². The van der Waals surface area contributed by atoms with Gasteiger partial charge in [0.05, 0.1) is 0 Å². The van der Waals surface area contributed by atoms with Gasteiger partial charge in [-0.2, -0.15) is 0 Å². The summed E-state index contributed by atoms with van der Waals surface area (Å²) in [5.41, 5.74) is 5.19. The van der Waals surface area contributed by atoms with Crippen molar-refractivity contribution < 1.29 is 0 Å². The summed E-state index contributed by atoms with van der Waals surface area (Å²) < 4.78 is 0. The summed E-state index contributed by atoms with van der Waals surface area (Å²) in [5, 5.41) is 3.48. The first-order chi connectivity index (χ1) is 10.2. The summed E-state index contributed by atoms with van der Waals surface area (Å²) in [7, 11) is 0. The molecule has 0 aliphatic rings. The van der Waals surface area contributed by atoms with Crippen LogP contribution < -0.4 is 5.32 Å². The van der Waals surface area contributed by atoms with E-state index in [0.717, 1.165) is 26.2 Å². The van der Waals surface area contributed by atoms with Crippen LogP contribution in [0.25, 0.3) is 0 Å². The Hall–Kier alpha value is -1.80. The van der Waals surface area contributed by atoms with E-state index in [4.69, 9.17) is 0 Å². The third-order valence-electron chi connectivity index (χ3n) is 3.83. The van der Waals surface area contributed by atoms with Gasteiger partial charge in [0.25, 0.3) is 0 Å². The number of nitrogens with one attached hydrogen (secondary N) is 1. The molecule has 112 valence electrons. The highest BCUT2D eigenvalue weighted by Gasteiger charge is 2.01. The second-order valence-electron chi connectivity index (χ2n) is 5.50. The molecule has 0 saturated heterocycles. The highest BCUT2D eigenvalue weighted by molar-refractivity contribution is 5.45. The molecule has 21 heavy (non-hydrogen) atoms. The molecule has 0 bridgehead atoms. The predicted octanol–water partition coefficient (Wildman–Crippen LogP) is 4.45. The third kappa shape index (κ3) is 4.91. The molecule has 0 aliphatic carbocycles. The van der Waals surface area contributed by atoms with E-state index in [1.54, 1.807) is 0 Å². The van der Waals surface area contributed by atoms with Crippen molar-refractivity contribution in [2.24, 2.45) is 0 Å². The highest BCUT2D eigenvalue weighted by Crippen LogP contribution is 2.13. The Morgan fingerprint density at radius 2 is 1.62 bits per heavy atom. The first-order valence-corrected chi connectivity index (χ1v) is 7.82. The molecule has 0 atom stereocenters. The number of rotatable bonds is 7. The Morgan fingerprint density at radius 1 is 0.905 bits per heavy atom. The second-order valence-corrected chi connectivity index (χ2v) is 5.50. The molecule has 0 aliphatic heterocycles. The van der Waals surface area contributed by atoms with Gasteiger partial charge in [0.1, 0.15) is 0 Å². The van der Waals surface area contributed by atoms with Gasteiger partial charge in [0.2, 0.25) is 0 Å². The number of aryl methyl sites for hydroxylation is 1. The van der Waals surface area contributed by atoms with Gasteiger partial charge in [-0.1, -0.05) is 55.8 Å². The SMILES string of the molecule is CCN(CC)Cc1ccc(NCc2cccc(C)c2)cc1. The van der Waals surface area contributed by atoms with Gasteiger partial charge in [0, 0.05) is 18.8 Å². The average Bonchev–Trinajstić information content (AvgIpc) is 2.52. The van der Waals surface area contributed by atoms with E-state index < -0.39 is 0 Å². The molecule has 0 heterocycles. The van der Waals surface area contributed by atoms with Gasteiger partial charge < -0.3 is 5.32 Å². The highest BCUT2D eigenvalue weighted by atomic mass is 15.1. The molecule has 0 fully saturated rings. The van der Waals surface area contributed by atoms with Crippen LogP contribution in [0.5, 0.6) is 0 Å². The normalized spacial score (nSPS) is 10.9. The Bertz CT molecular complexity index is 542. The standard InChI is InChI=1S/C19H26N2/c1-4-21(5-2)15-17-9-11-19(12-10-17)20-14-18-8-6-7-16(3)13-18/h6-13,20H,4-5,14-15H2,1-3H3. The Kier molecular flexibility index (Phi) is 5.82. The van der Waals surface area contributed by atoms with Crippen LogP contribution >= 0.6 is 0 Å². The van der Waals surface area contributed by atoms with E-state index in [9.17, 15) is 0 Å². The van der Waals surface area contributed by atoms with Crippen molar-refractivity contribution >= 4 is 5.69 Å². The number of benzene rings is 2. The van der Waals surface area contributed by atoms with Crippen LogP contribution in [-0.2, 0) is 13.1 Å². The Balaban J connectivity index is 1.90. The van der Waals surface area contributed by atoms with E-state index in [-0.39, 0.29) is 0 Å². The second kappa shape index (κ2) is 7.84. The molecular formula is C19H26N2. The minimum absolute atomic E-state index is 0.872. The van der Waals surface area contributed by atoms with Crippen LogP contribution in [0.15, 0.2) is 48.5 Å². The molecule has 2 rings (SSSR count). The summed E-state index contributed by atoms with van der Waals surface area (Å²) >= 11 is 0. The van der Waals surface area contributed by atoms with Gasteiger partial charge in [-0.05, 0) is 43.3 Å². The zero-order valence-electron chi connectivity index (χ0n) is 13.4. The largest absolute Gasteiger partial charge is 0.381 e. The molecule has 0 unspecified atom stereocenters. The van der Waals surface area contributed by atoms with Gasteiger partial charge in [-0.3, -0.25) is 4.90 Å². The van der Waals surface area contributed by atoms with Crippen molar-refractivity contribution in [2.45, 2.75) is 33.9 Å². The summed E-state index contributed by atoms with van der Waals surface area (Å²) in [5.74, 6) is 0. The third-order valence-corrected chi connectivity index (χ3v) is 3.83. The first-order valence-electron chi connectivity index (χ1n) is 7.82. The fourth-order valence-electron chi connectivity index (χ4n) is 2.46. The van der Waals surface area contributed by atoms with Gasteiger partial charge in [-0.25, -0.2) is 0 Å². The zero-order chi connectivity index (χ0) is 15.1. The fourth-order valence-corrected chi connectivity index (χ4v) is 2.46. The lowest BCUT2D eigenvalue weighted by Gasteiger charge is -2.18. The maximum absolute atomic E-state index is 3.48. The quantitative estimate of drug-likeness (QED) is 0.807. The molecule has 1 N–H and O–H groups in total. The van der Waals surface area contributed by atoms with Crippen molar-refractivity contribution in [1.82, 2.24) is 4.90 Å². The van der Waals surface area contributed by atoms with Gasteiger partial charge in [0.15, 0.2) is 0 Å². The smallest absolute Gasteiger partial charge is 0.0400 e. The monoisotopic (exact) mass is 282 g/mol. The minimum Gasteiger partial charge on any atom is -0.381 e. The van der Waals surface area contributed by atoms with Crippen molar-refractivity contribution in [3.8, 4) is 0 Å². The Morgan fingerprint density at radius 3 is 2.24 bits per heavy atom. The lowest BCUT2D eigenvalue weighted by atomic mass is 10.1. The topological polar surface area (TPSA) is 15.3 Å². The van der Waals surface area contributed by atoms with Crippen LogP contribution in [0.2, 0.25) is 0 Å². The van der Waals surface area contributed by atoms with Gasteiger partial charge >= 0.3 is 0 Å². The maximum atomic E-state index is 3.48. The molecule has 2 aromatic carbocycles. The van der Waals surface area contributed by atoms with Crippen LogP contribution in [0.4, 0.5) is 5.69 Å². The van der Waals surface area contributed by atoms with E-state index >= 15 is 0 Å². The molecule has 2 nitrogen and oxygen atoms in total. The number of nitrogens with zero attached hydrogens (tertiary/aromatic N) is 1.